The molecule has 0 saturated carbocycles. The fourth-order valence-corrected chi connectivity index (χ4v) is 6.20. The molecule has 0 spiro atoms. The van der Waals surface area contributed by atoms with Gasteiger partial charge in [-0.1, -0.05) is 54.9 Å². The average molecular weight is 479 g/mol. The summed E-state index contributed by atoms with van der Waals surface area (Å²) in [7, 11) is -3.84. The van der Waals surface area contributed by atoms with Crippen LogP contribution in [0.5, 0.6) is 0 Å². The summed E-state index contributed by atoms with van der Waals surface area (Å²) < 4.78 is 28.7. The Labute approximate surface area is 181 Å². The Morgan fingerprint density at radius 3 is 2.34 bits per heavy atom. The lowest BCUT2D eigenvalue weighted by Crippen LogP contribution is -2.50. The zero-order chi connectivity index (χ0) is 21.6. The third-order valence-corrected chi connectivity index (χ3v) is 7.02. The first-order valence-electron chi connectivity index (χ1n) is 9.53. The van der Waals surface area contributed by atoms with Crippen molar-refractivity contribution in [3.63, 3.8) is 0 Å². The van der Waals surface area contributed by atoms with Crippen molar-refractivity contribution in [2.45, 2.75) is 51.5 Å². The van der Waals surface area contributed by atoms with E-state index in [1.807, 2.05) is 26.0 Å². The number of nitrogens with zero attached hydrogens (tertiary/aromatic N) is 1. The van der Waals surface area contributed by atoms with Crippen LogP contribution in [0.2, 0.25) is 0 Å². The quantitative estimate of drug-likeness (QED) is 0.675. The first-order valence-corrected chi connectivity index (χ1v) is 11.8. The van der Waals surface area contributed by atoms with Gasteiger partial charge in [-0.15, -0.1) is 0 Å². The molecule has 1 N–H and O–H groups in total. The van der Waals surface area contributed by atoms with E-state index in [2.05, 4.69) is 42.0 Å². The maximum Gasteiger partial charge on any atom is 0.265 e. The SMILES string of the molecule is CC(C)(C)CC(C)(C)NC(=O)CN1c2ccc(Br)cc2-c2ccccc2S1(=O)=O. The molecule has 0 fully saturated rings. The molecule has 29 heavy (non-hydrogen) atoms. The number of sulfonamides is 1. The van der Waals surface area contributed by atoms with Crippen LogP contribution < -0.4 is 9.62 Å². The molecule has 0 aromatic heterocycles. The molecule has 1 amide bonds. The van der Waals surface area contributed by atoms with Gasteiger partial charge in [0.25, 0.3) is 10.0 Å². The topological polar surface area (TPSA) is 66.5 Å². The lowest BCUT2D eigenvalue weighted by Gasteiger charge is -2.35. The van der Waals surface area contributed by atoms with E-state index < -0.39 is 15.6 Å². The number of amides is 1. The van der Waals surface area contributed by atoms with Crippen molar-refractivity contribution in [1.29, 1.82) is 0 Å². The molecule has 7 heteroatoms. The number of benzene rings is 2. The molecule has 1 aliphatic rings. The molecule has 0 bridgehead atoms. The van der Waals surface area contributed by atoms with Crippen molar-refractivity contribution in [2.24, 2.45) is 5.41 Å². The van der Waals surface area contributed by atoms with E-state index in [0.29, 0.717) is 11.3 Å². The highest BCUT2D eigenvalue weighted by Crippen LogP contribution is 2.43. The summed E-state index contributed by atoms with van der Waals surface area (Å²) in [5, 5.41) is 3.01. The Bertz CT molecular complexity index is 1060. The van der Waals surface area contributed by atoms with Crippen LogP contribution in [0.25, 0.3) is 11.1 Å². The second-order valence-corrected chi connectivity index (χ2v) is 12.1. The maximum absolute atomic E-state index is 13.3. The van der Waals surface area contributed by atoms with Gasteiger partial charge in [0.2, 0.25) is 5.91 Å². The van der Waals surface area contributed by atoms with Crippen molar-refractivity contribution < 1.29 is 13.2 Å². The van der Waals surface area contributed by atoms with Gasteiger partial charge in [-0.3, -0.25) is 9.10 Å². The Morgan fingerprint density at radius 2 is 1.69 bits per heavy atom. The van der Waals surface area contributed by atoms with Gasteiger partial charge in [-0.2, -0.15) is 0 Å². The van der Waals surface area contributed by atoms with Crippen molar-refractivity contribution in [3.8, 4) is 11.1 Å². The first kappa shape index (κ1) is 21.8. The fraction of sp³-hybridized carbons (Fsp3) is 0.409. The van der Waals surface area contributed by atoms with Crippen LogP contribution in [0.15, 0.2) is 51.8 Å². The van der Waals surface area contributed by atoms with E-state index in [1.165, 1.54) is 4.31 Å². The molecule has 3 rings (SSSR count). The number of hydrogen-bond acceptors (Lipinski definition) is 3. The van der Waals surface area contributed by atoms with Crippen LogP contribution in [-0.4, -0.2) is 26.4 Å². The van der Waals surface area contributed by atoms with E-state index in [-0.39, 0.29) is 22.8 Å². The molecule has 0 unspecified atom stereocenters. The van der Waals surface area contributed by atoms with Gasteiger partial charge in [-0.05, 0) is 49.9 Å². The number of carbonyl (C=O) groups excluding carboxylic acids is 1. The van der Waals surface area contributed by atoms with E-state index in [4.69, 9.17) is 0 Å². The molecule has 2 aromatic carbocycles. The summed E-state index contributed by atoms with van der Waals surface area (Å²) in [6.45, 7) is 9.99. The Kier molecular flexibility index (Phi) is 5.60. The van der Waals surface area contributed by atoms with Crippen molar-refractivity contribution in [3.05, 3.63) is 46.9 Å². The molecule has 5 nitrogen and oxygen atoms in total. The van der Waals surface area contributed by atoms with Gasteiger partial charge in [0, 0.05) is 21.1 Å². The van der Waals surface area contributed by atoms with Crippen LogP contribution in [0.1, 0.15) is 41.0 Å². The Hall–Kier alpha value is -1.86. The van der Waals surface area contributed by atoms with Gasteiger partial charge in [-0.25, -0.2) is 8.42 Å². The van der Waals surface area contributed by atoms with Crippen molar-refractivity contribution >= 4 is 37.5 Å². The first-order chi connectivity index (χ1) is 13.3. The molecule has 0 atom stereocenters. The summed E-state index contributed by atoms with van der Waals surface area (Å²) in [4.78, 5) is 13.1. The molecular weight excluding hydrogens is 452 g/mol. The van der Waals surface area contributed by atoms with Crippen molar-refractivity contribution in [2.75, 3.05) is 10.8 Å². The van der Waals surface area contributed by atoms with Crippen LogP contribution in [0, 0.1) is 5.41 Å². The number of anilines is 1. The summed E-state index contributed by atoms with van der Waals surface area (Å²) in [5.41, 5.74) is 1.52. The molecule has 2 aromatic rings. The minimum atomic E-state index is -3.84. The number of carbonyl (C=O) groups is 1. The van der Waals surface area contributed by atoms with Crippen LogP contribution in [0.3, 0.4) is 0 Å². The highest BCUT2D eigenvalue weighted by atomic mass is 79.9. The monoisotopic (exact) mass is 478 g/mol. The van der Waals surface area contributed by atoms with Gasteiger partial charge < -0.3 is 5.32 Å². The maximum atomic E-state index is 13.3. The molecular formula is C22H27BrN2O3S. The zero-order valence-corrected chi connectivity index (χ0v) is 19.8. The van der Waals surface area contributed by atoms with E-state index >= 15 is 0 Å². The third kappa shape index (κ3) is 4.67. The highest BCUT2D eigenvalue weighted by molar-refractivity contribution is 9.10. The largest absolute Gasteiger partial charge is 0.350 e. The molecule has 0 aliphatic carbocycles. The second kappa shape index (κ2) is 7.43. The van der Waals surface area contributed by atoms with Crippen LogP contribution in [-0.2, 0) is 14.8 Å². The summed E-state index contributed by atoms with van der Waals surface area (Å²) >= 11 is 3.46. The number of halogens is 1. The van der Waals surface area contributed by atoms with Gasteiger partial charge >= 0.3 is 0 Å². The smallest absolute Gasteiger partial charge is 0.265 e. The number of hydrogen-bond donors (Lipinski definition) is 1. The summed E-state index contributed by atoms with van der Waals surface area (Å²) in [5.74, 6) is -0.323. The normalized spacial score (nSPS) is 15.4. The minimum absolute atomic E-state index is 0.0335. The molecule has 0 radical (unpaired) electrons. The molecule has 1 heterocycles. The predicted molar refractivity (Wildman–Crippen MR) is 120 cm³/mol. The van der Waals surface area contributed by atoms with E-state index in [9.17, 15) is 13.2 Å². The summed E-state index contributed by atoms with van der Waals surface area (Å²) in [6.07, 6.45) is 0.769. The third-order valence-electron chi connectivity index (χ3n) is 4.71. The highest BCUT2D eigenvalue weighted by Gasteiger charge is 2.37. The molecule has 0 saturated heterocycles. The number of fused-ring (bicyclic) bond motifs is 3. The molecule has 1 aliphatic heterocycles. The Balaban J connectivity index is 1.97. The standard InChI is InChI=1S/C22H27BrN2O3S/c1-21(2,3)14-22(4,5)24-20(26)13-25-18-11-10-15(23)12-17(18)16-8-6-7-9-19(16)29(25,27)28/h6-12H,13-14H2,1-5H3,(H,24,26). The predicted octanol–water partition coefficient (Wildman–Crippen LogP) is 4.96. The van der Waals surface area contributed by atoms with Gasteiger partial charge in [0.15, 0.2) is 0 Å². The fourth-order valence-electron chi connectivity index (χ4n) is 4.19. The van der Waals surface area contributed by atoms with Crippen molar-refractivity contribution in [1.82, 2.24) is 5.32 Å². The number of nitrogens with one attached hydrogen (secondary N) is 1. The van der Waals surface area contributed by atoms with E-state index in [1.54, 1.807) is 30.3 Å². The minimum Gasteiger partial charge on any atom is -0.350 e. The zero-order valence-electron chi connectivity index (χ0n) is 17.4. The van der Waals surface area contributed by atoms with Crippen LogP contribution in [0.4, 0.5) is 5.69 Å². The van der Waals surface area contributed by atoms with Gasteiger partial charge in [0.05, 0.1) is 10.6 Å². The summed E-state index contributed by atoms with van der Waals surface area (Å²) in [6, 6.07) is 12.3. The Morgan fingerprint density at radius 1 is 1.03 bits per heavy atom. The lowest BCUT2D eigenvalue weighted by atomic mass is 9.82. The molecule has 156 valence electrons. The number of rotatable bonds is 4. The second-order valence-electron chi connectivity index (χ2n) is 9.34. The van der Waals surface area contributed by atoms with Gasteiger partial charge in [0.1, 0.15) is 6.54 Å². The van der Waals surface area contributed by atoms with E-state index in [0.717, 1.165) is 16.5 Å². The van der Waals surface area contributed by atoms with Crippen LogP contribution >= 0.6 is 15.9 Å². The lowest BCUT2D eigenvalue weighted by molar-refractivity contribution is -0.121. The average Bonchev–Trinajstić information content (AvgIpc) is 2.56.